The van der Waals surface area contributed by atoms with Gasteiger partial charge in [0.1, 0.15) is 6.61 Å². The largest absolute Gasteiger partial charge is 0.457 e. The number of nitro benzene ring substituents is 1. The maximum Gasteiger partial charge on any atom is 0.340 e. The van der Waals surface area contributed by atoms with Gasteiger partial charge in [0, 0.05) is 19.2 Å². The summed E-state index contributed by atoms with van der Waals surface area (Å²) in [4.78, 5) is 22.6. The minimum absolute atomic E-state index is 0.0370. The van der Waals surface area contributed by atoms with Crippen molar-refractivity contribution in [3.63, 3.8) is 0 Å². The fourth-order valence-electron chi connectivity index (χ4n) is 2.70. The molecule has 0 saturated carbocycles. The maximum atomic E-state index is 13.0. The van der Waals surface area contributed by atoms with Gasteiger partial charge in [0.25, 0.3) is 15.7 Å². The van der Waals surface area contributed by atoms with E-state index in [9.17, 15) is 23.3 Å². The van der Waals surface area contributed by atoms with Gasteiger partial charge in [-0.3, -0.25) is 14.4 Å². The van der Waals surface area contributed by atoms with Crippen molar-refractivity contribution >= 4 is 39.0 Å². The third-order valence-electron chi connectivity index (χ3n) is 4.45. The fraction of sp³-hybridized carbons (Fsp3) is 0.0952. The summed E-state index contributed by atoms with van der Waals surface area (Å²) in [6.45, 7) is -0.159. The second-order valence-corrected chi connectivity index (χ2v) is 8.83. The molecular formula is C21H17ClN2O6S. The molecule has 31 heavy (non-hydrogen) atoms. The first kappa shape index (κ1) is 22.3. The van der Waals surface area contributed by atoms with Crippen LogP contribution in [0.3, 0.4) is 0 Å². The number of hydrogen-bond donors (Lipinski definition) is 0. The molecule has 0 aromatic heterocycles. The van der Waals surface area contributed by atoms with E-state index < -0.39 is 20.9 Å². The number of sulfonamides is 1. The van der Waals surface area contributed by atoms with Gasteiger partial charge in [-0.15, -0.1) is 0 Å². The van der Waals surface area contributed by atoms with Crippen molar-refractivity contribution in [2.45, 2.75) is 11.5 Å². The van der Waals surface area contributed by atoms with Crippen LogP contribution in [0.1, 0.15) is 15.9 Å². The van der Waals surface area contributed by atoms with Gasteiger partial charge in [-0.2, -0.15) is 0 Å². The molecule has 160 valence electrons. The van der Waals surface area contributed by atoms with Gasteiger partial charge in [-0.25, -0.2) is 13.2 Å². The molecule has 0 radical (unpaired) electrons. The average Bonchev–Trinajstić information content (AvgIpc) is 2.78. The van der Waals surface area contributed by atoms with Crippen molar-refractivity contribution in [2.24, 2.45) is 0 Å². The fourth-order valence-corrected chi connectivity index (χ4v) is 4.11. The van der Waals surface area contributed by atoms with Crippen LogP contribution >= 0.6 is 11.6 Å². The molecule has 0 bridgehead atoms. The van der Waals surface area contributed by atoms with Crippen molar-refractivity contribution < 1.29 is 22.9 Å². The van der Waals surface area contributed by atoms with E-state index in [2.05, 4.69) is 0 Å². The Kier molecular flexibility index (Phi) is 6.57. The Morgan fingerprint density at radius 3 is 2.32 bits per heavy atom. The van der Waals surface area contributed by atoms with Crippen LogP contribution in [-0.4, -0.2) is 26.4 Å². The summed E-state index contributed by atoms with van der Waals surface area (Å²) in [5.74, 6) is -0.817. The quantitative estimate of drug-likeness (QED) is 0.293. The van der Waals surface area contributed by atoms with E-state index in [1.165, 1.54) is 43.4 Å². The standard InChI is InChI=1S/C21H17ClN2O6S/c1-23(16-5-3-2-4-6-16)31(28,29)18-11-12-20(22)19(13-18)21(25)30-14-15-7-9-17(10-8-15)24(26)27/h2-13H,14H2,1H3. The molecule has 3 aromatic carbocycles. The third-order valence-corrected chi connectivity index (χ3v) is 6.56. The summed E-state index contributed by atoms with van der Waals surface area (Å²) < 4.78 is 32.2. The molecule has 0 atom stereocenters. The molecule has 0 N–H and O–H groups in total. The van der Waals surface area contributed by atoms with E-state index in [1.54, 1.807) is 30.3 Å². The predicted molar refractivity (Wildman–Crippen MR) is 116 cm³/mol. The van der Waals surface area contributed by atoms with Crippen molar-refractivity contribution in [1.29, 1.82) is 0 Å². The van der Waals surface area contributed by atoms with E-state index in [0.717, 1.165) is 10.4 Å². The predicted octanol–water partition coefficient (Wildman–Crippen LogP) is 4.43. The van der Waals surface area contributed by atoms with Gasteiger partial charge in [-0.05, 0) is 48.0 Å². The average molecular weight is 461 g/mol. The van der Waals surface area contributed by atoms with Gasteiger partial charge in [-0.1, -0.05) is 29.8 Å². The van der Waals surface area contributed by atoms with Crippen LogP contribution in [-0.2, 0) is 21.4 Å². The zero-order valence-electron chi connectivity index (χ0n) is 16.3. The monoisotopic (exact) mass is 460 g/mol. The second kappa shape index (κ2) is 9.15. The van der Waals surface area contributed by atoms with Gasteiger partial charge < -0.3 is 4.74 Å². The number of ether oxygens (including phenoxy) is 1. The number of carbonyl (C=O) groups excluding carboxylic acids is 1. The number of hydrogen-bond acceptors (Lipinski definition) is 6. The number of rotatable bonds is 7. The molecule has 0 aliphatic rings. The molecule has 10 heteroatoms. The van der Waals surface area contributed by atoms with Crippen molar-refractivity contribution in [3.05, 3.63) is 99.1 Å². The molecule has 0 amide bonds. The Morgan fingerprint density at radius 1 is 1.06 bits per heavy atom. The van der Waals surface area contributed by atoms with Gasteiger partial charge in [0.05, 0.1) is 26.1 Å². The van der Waals surface area contributed by atoms with Crippen LogP contribution in [0.15, 0.2) is 77.7 Å². The number of non-ortho nitro benzene ring substituents is 1. The highest BCUT2D eigenvalue weighted by Gasteiger charge is 2.24. The summed E-state index contributed by atoms with van der Waals surface area (Å²) in [5, 5.41) is 10.7. The molecule has 3 rings (SSSR count). The number of para-hydroxylation sites is 1. The van der Waals surface area contributed by atoms with Crippen molar-refractivity contribution in [3.8, 4) is 0 Å². The van der Waals surface area contributed by atoms with Crippen LogP contribution in [0.5, 0.6) is 0 Å². The van der Waals surface area contributed by atoms with Crippen LogP contribution in [0.4, 0.5) is 11.4 Å². The number of esters is 1. The Hall–Kier alpha value is -3.43. The highest BCUT2D eigenvalue weighted by Crippen LogP contribution is 2.26. The lowest BCUT2D eigenvalue weighted by Crippen LogP contribution is -2.26. The number of anilines is 1. The lowest BCUT2D eigenvalue weighted by molar-refractivity contribution is -0.384. The first-order chi connectivity index (χ1) is 14.7. The molecule has 0 heterocycles. The van der Waals surface area contributed by atoms with Gasteiger partial charge in [0.2, 0.25) is 0 Å². The molecule has 0 unspecified atom stereocenters. The second-order valence-electron chi connectivity index (χ2n) is 6.45. The van der Waals surface area contributed by atoms with E-state index >= 15 is 0 Å². The highest BCUT2D eigenvalue weighted by atomic mass is 35.5. The van der Waals surface area contributed by atoms with E-state index in [-0.39, 0.29) is 27.8 Å². The number of carbonyl (C=O) groups is 1. The maximum absolute atomic E-state index is 13.0. The summed E-state index contributed by atoms with van der Waals surface area (Å²) in [5.41, 5.74) is 0.798. The zero-order valence-corrected chi connectivity index (χ0v) is 17.8. The van der Waals surface area contributed by atoms with Crippen LogP contribution < -0.4 is 4.31 Å². The Morgan fingerprint density at radius 2 is 1.71 bits per heavy atom. The van der Waals surface area contributed by atoms with Crippen LogP contribution in [0, 0.1) is 10.1 Å². The minimum Gasteiger partial charge on any atom is -0.457 e. The third kappa shape index (κ3) is 5.01. The number of nitrogens with zero attached hydrogens (tertiary/aromatic N) is 2. The molecule has 0 aliphatic heterocycles. The van der Waals surface area contributed by atoms with E-state index in [1.807, 2.05) is 0 Å². The normalized spacial score (nSPS) is 11.0. The molecule has 8 nitrogen and oxygen atoms in total. The highest BCUT2D eigenvalue weighted by molar-refractivity contribution is 7.92. The van der Waals surface area contributed by atoms with Gasteiger partial charge in [0.15, 0.2) is 0 Å². The molecular weight excluding hydrogens is 444 g/mol. The van der Waals surface area contributed by atoms with E-state index in [0.29, 0.717) is 11.3 Å². The summed E-state index contributed by atoms with van der Waals surface area (Å²) in [6.07, 6.45) is 0. The number of nitro groups is 1. The smallest absolute Gasteiger partial charge is 0.340 e. The summed E-state index contributed by atoms with van der Waals surface area (Å²) in [6, 6.07) is 17.8. The molecule has 0 saturated heterocycles. The number of halogens is 1. The zero-order chi connectivity index (χ0) is 22.6. The van der Waals surface area contributed by atoms with Crippen molar-refractivity contribution in [1.82, 2.24) is 0 Å². The lowest BCUT2D eigenvalue weighted by atomic mass is 10.2. The molecule has 0 fully saturated rings. The summed E-state index contributed by atoms with van der Waals surface area (Å²) in [7, 11) is -2.53. The topological polar surface area (TPSA) is 107 Å². The number of benzene rings is 3. The Balaban J connectivity index is 1.80. The van der Waals surface area contributed by atoms with Gasteiger partial charge >= 0.3 is 5.97 Å². The molecule has 0 aliphatic carbocycles. The SMILES string of the molecule is CN(c1ccccc1)S(=O)(=O)c1ccc(Cl)c(C(=O)OCc2ccc([N+](=O)[O-])cc2)c1. The van der Waals surface area contributed by atoms with Crippen LogP contribution in [0.25, 0.3) is 0 Å². The first-order valence-corrected chi connectivity index (χ1v) is 10.8. The first-order valence-electron chi connectivity index (χ1n) is 8.94. The Labute approximate surface area is 183 Å². The lowest BCUT2D eigenvalue weighted by Gasteiger charge is -2.20. The molecule has 3 aromatic rings. The molecule has 0 spiro atoms. The van der Waals surface area contributed by atoms with E-state index in [4.69, 9.17) is 16.3 Å². The van der Waals surface area contributed by atoms with Crippen LogP contribution in [0.2, 0.25) is 5.02 Å². The summed E-state index contributed by atoms with van der Waals surface area (Å²) >= 11 is 6.09. The van der Waals surface area contributed by atoms with Crippen molar-refractivity contribution in [2.75, 3.05) is 11.4 Å². The minimum atomic E-state index is -3.94. The Bertz CT molecular complexity index is 1210.